The topological polar surface area (TPSA) is 16.1 Å². The molecule has 0 aromatic carbocycles. The molecule has 1 aliphatic carbocycles. The van der Waals surface area contributed by atoms with Gasteiger partial charge in [0.2, 0.25) is 0 Å². The van der Waals surface area contributed by atoms with Crippen LogP contribution in [-0.4, -0.2) is 17.6 Å². The summed E-state index contributed by atoms with van der Waals surface area (Å²) in [5, 5.41) is 0. The van der Waals surface area contributed by atoms with E-state index in [4.69, 9.17) is 0 Å². The summed E-state index contributed by atoms with van der Waals surface area (Å²) in [7, 11) is 0. The minimum absolute atomic E-state index is 0.225. The standard InChI is InChI=1S/C14H20BrFN2/c1-10(2)9-18(12-5-3-4-6-12)14-13(16)7-11(15)8-17-14/h7-8,10,12H,3-6,9H2,1-2H3. The molecule has 1 aromatic rings. The molecule has 0 saturated heterocycles. The lowest BCUT2D eigenvalue weighted by Crippen LogP contribution is -2.37. The molecule has 0 aliphatic heterocycles. The van der Waals surface area contributed by atoms with Crippen LogP contribution in [0.25, 0.3) is 0 Å². The number of pyridine rings is 1. The van der Waals surface area contributed by atoms with Crippen molar-refractivity contribution >= 4 is 21.7 Å². The molecule has 4 heteroatoms. The zero-order valence-electron chi connectivity index (χ0n) is 11.0. The Morgan fingerprint density at radius 1 is 1.44 bits per heavy atom. The minimum atomic E-state index is -0.225. The van der Waals surface area contributed by atoms with Gasteiger partial charge in [0.15, 0.2) is 11.6 Å². The molecule has 100 valence electrons. The Bertz CT molecular complexity index is 403. The first-order valence-corrected chi connectivity index (χ1v) is 7.45. The van der Waals surface area contributed by atoms with Crippen LogP contribution in [0.5, 0.6) is 0 Å². The summed E-state index contributed by atoms with van der Waals surface area (Å²) >= 11 is 3.26. The van der Waals surface area contributed by atoms with Gasteiger partial charge in [0.05, 0.1) is 0 Å². The molecule has 1 fully saturated rings. The van der Waals surface area contributed by atoms with Crippen LogP contribution in [0.4, 0.5) is 10.2 Å². The first-order valence-electron chi connectivity index (χ1n) is 6.65. The van der Waals surface area contributed by atoms with Gasteiger partial charge in [-0.25, -0.2) is 9.37 Å². The molecular formula is C14H20BrFN2. The molecule has 18 heavy (non-hydrogen) atoms. The lowest BCUT2D eigenvalue weighted by atomic mass is 10.1. The molecule has 0 radical (unpaired) electrons. The van der Waals surface area contributed by atoms with Gasteiger partial charge in [0, 0.05) is 23.3 Å². The molecule has 0 unspecified atom stereocenters. The molecule has 2 nitrogen and oxygen atoms in total. The van der Waals surface area contributed by atoms with Crippen LogP contribution in [0.2, 0.25) is 0 Å². The molecule has 0 bridgehead atoms. The predicted octanol–water partition coefficient (Wildman–Crippen LogP) is 4.39. The Labute approximate surface area is 117 Å². The monoisotopic (exact) mass is 314 g/mol. The molecule has 2 rings (SSSR count). The molecule has 1 saturated carbocycles. The van der Waals surface area contributed by atoms with Crippen molar-refractivity contribution < 1.29 is 4.39 Å². The number of rotatable bonds is 4. The van der Waals surface area contributed by atoms with Gasteiger partial charge >= 0.3 is 0 Å². The van der Waals surface area contributed by atoms with E-state index in [-0.39, 0.29) is 5.82 Å². The Morgan fingerprint density at radius 2 is 2.11 bits per heavy atom. The van der Waals surface area contributed by atoms with Gasteiger partial charge < -0.3 is 4.90 Å². The van der Waals surface area contributed by atoms with Crippen LogP contribution in [-0.2, 0) is 0 Å². The van der Waals surface area contributed by atoms with Gasteiger partial charge in [-0.3, -0.25) is 0 Å². The summed E-state index contributed by atoms with van der Waals surface area (Å²) in [4.78, 5) is 6.45. The van der Waals surface area contributed by atoms with Gasteiger partial charge in [0.1, 0.15) is 0 Å². The van der Waals surface area contributed by atoms with Gasteiger partial charge in [-0.1, -0.05) is 26.7 Å². The van der Waals surface area contributed by atoms with Crippen molar-refractivity contribution in [1.82, 2.24) is 4.98 Å². The largest absolute Gasteiger partial charge is 0.351 e. The highest BCUT2D eigenvalue weighted by Crippen LogP contribution is 2.30. The number of halogens is 2. The number of hydrogen-bond donors (Lipinski definition) is 0. The van der Waals surface area contributed by atoms with E-state index >= 15 is 0 Å². The fourth-order valence-corrected chi connectivity index (χ4v) is 2.94. The van der Waals surface area contributed by atoms with Crippen LogP contribution in [0.3, 0.4) is 0 Å². The van der Waals surface area contributed by atoms with Gasteiger partial charge in [-0.2, -0.15) is 0 Å². The van der Waals surface area contributed by atoms with E-state index in [0.717, 1.165) is 19.4 Å². The van der Waals surface area contributed by atoms with E-state index in [1.165, 1.54) is 18.9 Å². The predicted molar refractivity (Wildman–Crippen MR) is 76.3 cm³/mol. The Balaban J connectivity index is 2.26. The maximum Gasteiger partial charge on any atom is 0.166 e. The van der Waals surface area contributed by atoms with Crippen molar-refractivity contribution in [3.05, 3.63) is 22.6 Å². The first kappa shape index (κ1) is 13.8. The maximum absolute atomic E-state index is 14.1. The van der Waals surface area contributed by atoms with Crippen molar-refractivity contribution in [2.45, 2.75) is 45.6 Å². The van der Waals surface area contributed by atoms with Crippen molar-refractivity contribution in [2.24, 2.45) is 5.92 Å². The second-order valence-corrected chi connectivity index (χ2v) is 6.36. The minimum Gasteiger partial charge on any atom is -0.351 e. The summed E-state index contributed by atoms with van der Waals surface area (Å²) < 4.78 is 14.8. The molecule has 1 heterocycles. The van der Waals surface area contributed by atoms with E-state index in [1.807, 2.05) is 0 Å². The third-order valence-electron chi connectivity index (χ3n) is 3.39. The average molecular weight is 315 g/mol. The third kappa shape index (κ3) is 3.22. The van der Waals surface area contributed by atoms with Crippen LogP contribution in [0.1, 0.15) is 39.5 Å². The number of aromatic nitrogens is 1. The van der Waals surface area contributed by atoms with Gasteiger partial charge in [-0.15, -0.1) is 0 Å². The van der Waals surface area contributed by atoms with Crippen LogP contribution in [0, 0.1) is 11.7 Å². The first-order chi connectivity index (χ1) is 8.58. The van der Waals surface area contributed by atoms with Crippen molar-refractivity contribution in [2.75, 3.05) is 11.4 Å². The van der Waals surface area contributed by atoms with Gasteiger partial charge in [-0.05, 0) is 40.8 Å². The second kappa shape index (κ2) is 6.00. The summed E-state index contributed by atoms with van der Waals surface area (Å²) in [6.45, 7) is 5.20. The third-order valence-corrected chi connectivity index (χ3v) is 3.82. The van der Waals surface area contributed by atoms with E-state index in [2.05, 4.69) is 39.7 Å². The zero-order chi connectivity index (χ0) is 13.1. The van der Waals surface area contributed by atoms with Crippen LogP contribution < -0.4 is 4.90 Å². The SMILES string of the molecule is CC(C)CN(c1ncc(Br)cc1F)C1CCCC1. The molecule has 1 aromatic heterocycles. The smallest absolute Gasteiger partial charge is 0.166 e. The lowest BCUT2D eigenvalue weighted by Gasteiger charge is -2.31. The Kier molecular flexibility index (Phi) is 4.60. The fraction of sp³-hybridized carbons (Fsp3) is 0.643. The molecular weight excluding hydrogens is 295 g/mol. The maximum atomic E-state index is 14.1. The molecule has 0 amide bonds. The zero-order valence-corrected chi connectivity index (χ0v) is 12.6. The highest BCUT2D eigenvalue weighted by atomic mass is 79.9. The highest BCUT2D eigenvalue weighted by molar-refractivity contribution is 9.10. The van der Waals surface area contributed by atoms with Crippen LogP contribution >= 0.6 is 15.9 Å². The molecule has 0 spiro atoms. The van der Waals surface area contributed by atoms with Gasteiger partial charge in [0.25, 0.3) is 0 Å². The molecule has 1 aliphatic rings. The van der Waals surface area contributed by atoms with E-state index in [9.17, 15) is 4.39 Å². The summed E-state index contributed by atoms with van der Waals surface area (Å²) in [5.41, 5.74) is 0. The highest BCUT2D eigenvalue weighted by Gasteiger charge is 2.26. The average Bonchev–Trinajstić information content (AvgIpc) is 2.79. The number of anilines is 1. The van der Waals surface area contributed by atoms with E-state index in [1.54, 1.807) is 6.20 Å². The number of nitrogens with zero attached hydrogens (tertiary/aromatic N) is 2. The fourth-order valence-electron chi connectivity index (χ4n) is 2.64. The van der Waals surface area contributed by atoms with Crippen molar-refractivity contribution in [3.8, 4) is 0 Å². The normalized spacial score (nSPS) is 16.5. The summed E-state index contributed by atoms with van der Waals surface area (Å²) in [6, 6.07) is 1.96. The molecule has 0 N–H and O–H groups in total. The van der Waals surface area contributed by atoms with Crippen LogP contribution in [0.15, 0.2) is 16.7 Å². The van der Waals surface area contributed by atoms with Crippen molar-refractivity contribution in [1.29, 1.82) is 0 Å². The van der Waals surface area contributed by atoms with E-state index in [0.29, 0.717) is 22.3 Å². The molecule has 0 atom stereocenters. The second-order valence-electron chi connectivity index (χ2n) is 5.44. The quantitative estimate of drug-likeness (QED) is 0.819. The number of hydrogen-bond acceptors (Lipinski definition) is 2. The summed E-state index contributed by atoms with van der Waals surface area (Å²) in [6.07, 6.45) is 6.49. The Hall–Kier alpha value is -0.640. The van der Waals surface area contributed by atoms with E-state index < -0.39 is 0 Å². The lowest BCUT2D eigenvalue weighted by molar-refractivity contribution is 0.513. The van der Waals surface area contributed by atoms with Crippen molar-refractivity contribution in [3.63, 3.8) is 0 Å². The Morgan fingerprint density at radius 3 is 2.67 bits per heavy atom. The summed E-state index contributed by atoms with van der Waals surface area (Å²) in [5.74, 6) is 0.797.